The highest BCUT2D eigenvalue weighted by Crippen LogP contribution is 2.38. The molecule has 0 unspecified atom stereocenters. The Kier molecular flexibility index (Phi) is 3.50. The number of piperidine rings is 1. The molecule has 0 bridgehead atoms. The second-order valence-electron chi connectivity index (χ2n) is 5.55. The quantitative estimate of drug-likeness (QED) is 0.726. The molecule has 1 N–H and O–H groups in total. The van der Waals surface area contributed by atoms with Gasteiger partial charge in [-0.15, -0.1) is 0 Å². The van der Waals surface area contributed by atoms with Gasteiger partial charge in [-0.1, -0.05) is 0 Å². The highest BCUT2D eigenvalue weighted by Gasteiger charge is 2.40. The molecular weight excluding hydrogens is 202 g/mol. The number of amides is 1. The van der Waals surface area contributed by atoms with E-state index in [9.17, 15) is 4.79 Å². The lowest BCUT2D eigenvalue weighted by Gasteiger charge is -2.33. The highest BCUT2D eigenvalue weighted by atomic mass is 16.2. The normalized spacial score (nSPS) is 24.3. The van der Waals surface area contributed by atoms with Crippen LogP contribution in [-0.2, 0) is 4.79 Å². The average Bonchev–Trinajstić information content (AvgIpc) is 2.62. The van der Waals surface area contributed by atoms with Gasteiger partial charge < -0.3 is 15.1 Å². The molecule has 0 aromatic rings. The second kappa shape index (κ2) is 4.72. The number of rotatable bonds is 2. The minimum atomic E-state index is 0.292. The molecule has 0 saturated carbocycles. The Labute approximate surface area is 98.0 Å². The van der Waals surface area contributed by atoms with Crippen molar-refractivity contribution in [2.45, 2.75) is 19.3 Å². The van der Waals surface area contributed by atoms with Crippen LogP contribution < -0.4 is 5.32 Å². The Balaban J connectivity index is 1.89. The molecule has 0 aromatic carbocycles. The summed E-state index contributed by atoms with van der Waals surface area (Å²) in [6, 6.07) is 0. The van der Waals surface area contributed by atoms with E-state index in [0.717, 1.165) is 26.2 Å². The second-order valence-corrected chi connectivity index (χ2v) is 5.55. The number of likely N-dealkylation sites (N-methyl/N-ethyl adjacent to an activating group) is 1. The third-order valence-electron chi connectivity index (χ3n) is 3.91. The van der Waals surface area contributed by atoms with Crippen molar-refractivity contribution in [3.63, 3.8) is 0 Å². The van der Waals surface area contributed by atoms with Gasteiger partial charge in [0.05, 0.1) is 6.54 Å². The van der Waals surface area contributed by atoms with Crippen molar-refractivity contribution in [3.05, 3.63) is 0 Å². The number of hydrogen-bond acceptors (Lipinski definition) is 3. The van der Waals surface area contributed by atoms with Gasteiger partial charge in [-0.3, -0.25) is 4.79 Å². The van der Waals surface area contributed by atoms with Crippen LogP contribution in [0.5, 0.6) is 0 Å². The Morgan fingerprint density at radius 1 is 1.31 bits per heavy atom. The number of hydrogen-bond donors (Lipinski definition) is 1. The monoisotopic (exact) mass is 225 g/mol. The first-order valence-corrected chi connectivity index (χ1v) is 6.25. The lowest BCUT2D eigenvalue weighted by atomic mass is 9.78. The average molecular weight is 225 g/mol. The van der Waals surface area contributed by atoms with Gasteiger partial charge in [-0.2, -0.15) is 0 Å². The zero-order valence-electron chi connectivity index (χ0n) is 10.5. The SMILES string of the molecule is CN(C)CC(=O)N1CCC2(CCNCC2)C1. The zero-order chi connectivity index (χ0) is 11.6. The molecule has 2 saturated heterocycles. The number of likely N-dealkylation sites (tertiary alicyclic amines) is 1. The molecule has 1 spiro atoms. The molecule has 2 aliphatic rings. The summed E-state index contributed by atoms with van der Waals surface area (Å²) in [5.74, 6) is 0.292. The lowest BCUT2D eigenvalue weighted by Crippen LogP contribution is -2.41. The summed E-state index contributed by atoms with van der Waals surface area (Å²) in [4.78, 5) is 16.0. The molecule has 2 rings (SSSR count). The van der Waals surface area contributed by atoms with E-state index in [0.29, 0.717) is 17.9 Å². The first-order valence-electron chi connectivity index (χ1n) is 6.25. The first kappa shape index (κ1) is 11.9. The van der Waals surface area contributed by atoms with Gasteiger partial charge in [0.15, 0.2) is 0 Å². The third kappa shape index (κ3) is 2.55. The van der Waals surface area contributed by atoms with Crippen molar-refractivity contribution in [3.8, 4) is 0 Å². The molecule has 0 atom stereocenters. The standard InChI is InChI=1S/C12H23N3O/c1-14(2)9-11(16)15-8-5-12(10-15)3-6-13-7-4-12/h13H,3-10H2,1-2H3. The smallest absolute Gasteiger partial charge is 0.236 e. The molecule has 4 nitrogen and oxygen atoms in total. The fourth-order valence-corrected chi connectivity index (χ4v) is 2.88. The molecule has 0 radical (unpaired) electrons. The maximum atomic E-state index is 12.0. The van der Waals surface area contributed by atoms with Crippen molar-refractivity contribution in [1.29, 1.82) is 0 Å². The fraction of sp³-hybridized carbons (Fsp3) is 0.917. The summed E-state index contributed by atoms with van der Waals surface area (Å²) in [6.07, 6.45) is 3.67. The topological polar surface area (TPSA) is 35.6 Å². The van der Waals surface area contributed by atoms with Crippen molar-refractivity contribution in [2.75, 3.05) is 46.8 Å². The molecular formula is C12H23N3O. The van der Waals surface area contributed by atoms with Gasteiger partial charge in [0, 0.05) is 13.1 Å². The molecule has 0 aliphatic carbocycles. The molecule has 16 heavy (non-hydrogen) atoms. The van der Waals surface area contributed by atoms with E-state index in [4.69, 9.17) is 0 Å². The van der Waals surface area contributed by atoms with Crippen LogP contribution in [0.25, 0.3) is 0 Å². The summed E-state index contributed by atoms with van der Waals surface area (Å²) in [6.45, 7) is 4.74. The van der Waals surface area contributed by atoms with Crippen LogP contribution in [0.3, 0.4) is 0 Å². The van der Waals surface area contributed by atoms with Gasteiger partial charge in [0.2, 0.25) is 5.91 Å². The first-order chi connectivity index (χ1) is 7.61. The molecule has 4 heteroatoms. The Morgan fingerprint density at radius 3 is 2.62 bits per heavy atom. The molecule has 2 aliphatic heterocycles. The van der Waals surface area contributed by atoms with Crippen LogP contribution in [-0.4, -0.2) is 62.5 Å². The van der Waals surface area contributed by atoms with Crippen LogP contribution in [0.15, 0.2) is 0 Å². The van der Waals surface area contributed by atoms with E-state index in [1.54, 1.807) is 0 Å². The van der Waals surface area contributed by atoms with Crippen LogP contribution in [0.1, 0.15) is 19.3 Å². The summed E-state index contributed by atoms with van der Waals surface area (Å²) in [5.41, 5.74) is 0.438. The van der Waals surface area contributed by atoms with Crippen LogP contribution in [0.4, 0.5) is 0 Å². The summed E-state index contributed by atoms with van der Waals surface area (Å²) < 4.78 is 0. The number of nitrogens with one attached hydrogen (secondary N) is 1. The van der Waals surface area contributed by atoms with E-state index in [1.807, 2.05) is 19.0 Å². The van der Waals surface area contributed by atoms with E-state index < -0.39 is 0 Å². The van der Waals surface area contributed by atoms with Gasteiger partial charge in [0.1, 0.15) is 0 Å². The van der Waals surface area contributed by atoms with Gasteiger partial charge in [0.25, 0.3) is 0 Å². The van der Waals surface area contributed by atoms with E-state index in [2.05, 4.69) is 10.2 Å². The van der Waals surface area contributed by atoms with Crippen molar-refractivity contribution in [1.82, 2.24) is 15.1 Å². The van der Waals surface area contributed by atoms with Crippen molar-refractivity contribution >= 4 is 5.91 Å². The third-order valence-corrected chi connectivity index (χ3v) is 3.91. The maximum Gasteiger partial charge on any atom is 0.236 e. The predicted molar refractivity (Wildman–Crippen MR) is 64.3 cm³/mol. The fourth-order valence-electron chi connectivity index (χ4n) is 2.88. The van der Waals surface area contributed by atoms with Crippen molar-refractivity contribution in [2.24, 2.45) is 5.41 Å². The van der Waals surface area contributed by atoms with Crippen molar-refractivity contribution < 1.29 is 4.79 Å². The van der Waals surface area contributed by atoms with Crippen LogP contribution >= 0.6 is 0 Å². The number of carbonyl (C=O) groups is 1. The lowest BCUT2D eigenvalue weighted by molar-refractivity contribution is -0.131. The molecule has 2 heterocycles. The molecule has 1 amide bonds. The van der Waals surface area contributed by atoms with Gasteiger partial charge in [-0.25, -0.2) is 0 Å². The van der Waals surface area contributed by atoms with Gasteiger partial charge in [-0.05, 0) is 51.9 Å². The molecule has 0 aromatic heterocycles. The largest absolute Gasteiger partial charge is 0.341 e. The van der Waals surface area contributed by atoms with Gasteiger partial charge >= 0.3 is 0 Å². The van der Waals surface area contributed by atoms with Crippen LogP contribution in [0, 0.1) is 5.41 Å². The molecule has 2 fully saturated rings. The van der Waals surface area contributed by atoms with E-state index in [1.165, 1.54) is 19.3 Å². The zero-order valence-corrected chi connectivity index (χ0v) is 10.5. The predicted octanol–water partition coefficient (Wildman–Crippen LogP) is 0.150. The van der Waals surface area contributed by atoms with E-state index in [-0.39, 0.29) is 0 Å². The Hall–Kier alpha value is -0.610. The Morgan fingerprint density at radius 2 is 2.00 bits per heavy atom. The summed E-state index contributed by atoms with van der Waals surface area (Å²) in [7, 11) is 3.91. The van der Waals surface area contributed by atoms with Crippen LogP contribution in [0.2, 0.25) is 0 Å². The minimum absolute atomic E-state index is 0.292. The summed E-state index contributed by atoms with van der Waals surface area (Å²) in [5, 5.41) is 3.40. The number of nitrogens with zero attached hydrogens (tertiary/aromatic N) is 2. The number of carbonyl (C=O) groups excluding carboxylic acids is 1. The Bertz CT molecular complexity index is 259. The van der Waals surface area contributed by atoms with E-state index >= 15 is 0 Å². The summed E-state index contributed by atoms with van der Waals surface area (Å²) >= 11 is 0. The minimum Gasteiger partial charge on any atom is -0.341 e. The highest BCUT2D eigenvalue weighted by molar-refractivity contribution is 5.78. The molecule has 92 valence electrons. The maximum absolute atomic E-state index is 12.0.